The molecule has 2 heterocycles. The highest BCUT2D eigenvalue weighted by Gasteiger charge is 2.53. The van der Waals surface area contributed by atoms with Gasteiger partial charge in [-0.2, -0.15) is 0 Å². The number of carboxylic acids is 1. The Kier molecular flexibility index (Phi) is 6.49. The van der Waals surface area contributed by atoms with Gasteiger partial charge in [-0.25, -0.2) is 9.48 Å². The number of aliphatic hydroxyl groups is 3. The predicted octanol–water partition coefficient (Wildman–Crippen LogP) is -2.75. The lowest BCUT2D eigenvalue weighted by Gasteiger charge is -2.47. The normalized spacial score (nSPS) is 27.2. The van der Waals surface area contributed by atoms with Crippen molar-refractivity contribution in [1.82, 2.24) is 20.3 Å². The molecular formula is C15H22N4O8. The molecule has 5 atom stereocenters. The smallest absolute Gasteiger partial charge is 0.370 e. The lowest BCUT2D eigenvalue weighted by molar-refractivity contribution is -0.189. The molecule has 0 bridgehead atoms. The van der Waals surface area contributed by atoms with Gasteiger partial charge in [0.05, 0.1) is 12.8 Å². The number of aliphatic carboxylic acids is 1. The highest BCUT2D eigenvalue weighted by molar-refractivity contribution is 5.85. The number of methoxy groups -OCH3 is 1. The maximum absolute atomic E-state index is 12.3. The zero-order valence-electron chi connectivity index (χ0n) is 14.7. The van der Waals surface area contributed by atoms with Gasteiger partial charge in [0, 0.05) is 13.3 Å². The van der Waals surface area contributed by atoms with Gasteiger partial charge in [-0.1, -0.05) is 5.21 Å². The second-order valence-electron chi connectivity index (χ2n) is 6.16. The quantitative estimate of drug-likeness (QED) is 0.315. The van der Waals surface area contributed by atoms with Crippen molar-refractivity contribution in [2.75, 3.05) is 13.7 Å². The topological polar surface area (TPSA) is 176 Å². The van der Waals surface area contributed by atoms with E-state index in [-0.39, 0.29) is 6.54 Å². The summed E-state index contributed by atoms with van der Waals surface area (Å²) in [5, 5.41) is 48.8. The van der Waals surface area contributed by atoms with Gasteiger partial charge in [-0.3, -0.25) is 4.79 Å². The fraction of sp³-hybridized carbons (Fsp3) is 0.600. The summed E-state index contributed by atoms with van der Waals surface area (Å²) in [6, 6.07) is -1.19. The van der Waals surface area contributed by atoms with Gasteiger partial charge < -0.3 is 35.2 Å². The van der Waals surface area contributed by atoms with Crippen LogP contribution in [0.2, 0.25) is 0 Å². The number of hydrogen-bond donors (Lipinski definition) is 5. The predicted molar refractivity (Wildman–Crippen MR) is 87.1 cm³/mol. The lowest BCUT2D eigenvalue weighted by atomic mass is 9.81. The van der Waals surface area contributed by atoms with Crippen molar-refractivity contribution in [3.05, 3.63) is 24.2 Å². The average Bonchev–Trinajstić information content (AvgIpc) is 3.11. The van der Waals surface area contributed by atoms with Crippen LogP contribution in [-0.2, 0) is 25.6 Å². The van der Waals surface area contributed by atoms with Crippen LogP contribution in [0.3, 0.4) is 0 Å². The molecule has 1 aliphatic heterocycles. The van der Waals surface area contributed by atoms with Crippen molar-refractivity contribution in [3.8, 4) is 0 Å². The number of hydrogen-bond acceptors (Lipinski definition) is 9. The van der Waals surface area contributed by atoms with E-state index < -0.39 is 54.2 Å². The van der Waals surface area contributed by atoms with Crippen LogP contribution in [0.1, 0.15) is 6.92 Å². The van der Waals surface area contributed by atoms with Crippen molar-refractivity contribution in [3.63, 3.8) is 0 Å². The highest BCUT2D eigenvalue weighted by Crippen LogP contribution is 2.34. The minimum Gasteiger partial charge on any atom is -0.475 e. The van der Waals surface area contributed by atoms with Crippen LogP contribution in [0.4, 0.5) is 0 Å². The standard InChI is InChI=1S/C15H22N4O8/c1-15(13(26-2)9(22)7-20)12(8(21)5-10(27-15)14(24)25)17-11(23)6-19-4-3-16-18-19/h3-5,8-9,12-13,20-22H,6-7H2,1-2H3,(H,17,23)(H,24,25)/t8-,9+,12+,13+,15+/m0/s1. The molecule has 0 spiro atoms. The fourth-order valence-corrected chi connectivity index (χ4v) is 3.06. The van der Waals surface area contributed by atoms with Crippen molar-refractivity contribution in [2.45, 2.75) is 43.4 Å². The number of nitrogens with one attached hydrogen (secondary N) is 1. The number of amides is 1. The SMILES string of the molecule is CO[C@H]([C@H](O)CO)[C@]1(C)OC(C(=O)O)=C[C@H](O)[C@H]1NC(=O)Cn1ccnn1. The summed E-state index contributed by atoms with van der Waals surface area (Å²) in [7, 11) is 1.22. The third-order valence-electron chi connectivity index (χ3n) is 4.27. The van der Waals surface area contributed by atoms with Crippen molar-refractivity contribution < 1.29 is 39.5 Å². The van der Waals surface area contributed by atoms with Gasteiger partial charge in [-0.05, 0) is 13.0 Å². The Labute approximate surface area is 154 Å². The maximum atomic E-state index is 12.3. The summed E-state index contributed by atoms with van der Waals surface area (Å²) in [5.41, 5.74) is -1.71. The molecule has 27 heavy (non-hydrogen) atoms. The Morgan fingerprint density at radius 2 is 2.22 bits per heavy atom. The van der Waals surface area contributed by atoms with E-state index in [4.69, 9.17) is 9.47 Å². The molecule has 5 N–H and O–H groups in total. The number of carbonyl (C=O) groups is 2. The molecule has 150 valence electrons. The Balaban J connectivity index is 2.33. The zero-order chi connectivity index (χ0) is 20.2. The van der Waals surface area contributed by atoms with Crippen molar-refractivity contribution in [2.24, 2.45) is 0 Å². The molecule has 1 aromatic rings. The number of carboxylic acid groups (broad SMARTS) is 1. The van der Waals surface area contributed by atoms with E-state index in [1.165, 1.54) is 31.1 Å². The van der Waals surface area contributed by atoms with Gasteiger partial charge >= 0.3 is 5.97 Å². The molecular weight excluding hydrogens is 364 g/mol. The number of aromatic nitrogens is 3. The summed E-state index contributed by atoms with van der Waals surface area (Å²) in [6.45, 7) is 0.438. The van der Waals surface area contributed by atoms with E-state index in [0.29, 0.717) is 0 Å². The largest absolute Gasteiger partial charge is 0.475 e. The number of carbonyl (C=O) groups excluding carboxylic acids is 1. The number of rotatable bonds is 8. The third-order valence-corrected chi connectivity index (χ3v) is 4.27. The second kappa shape index (κ2) is 8.43. The fourth-order valence-electron chi connectivity index (χ4n) is 3.06. The van der Waals surface area contributed by atoms with E-state index in [9.17, 15) is 30.0 Å². The van der Waals surface area contributed by atoms with Crippen molar-refractivity contribution >= 4 is 11.9 Å². The summed E-state index contributed by atoms with van der Waals surface area (Å²) in [6.07, 6.45) is -0.411. The first-order valence-electron chi connectivity index (χ1n) is 8.00. The monoisotopic (exact) mass is 386 g/mol. The Morgan fingerprint density at radius 1 is 1.52 bits per heavy atom. The van der Waals surface area contributed by atoms with Crippen LogP contribution in [0.25, 0.3) is 0 Å². The van der Waals surface area contributed by atoms with E-state index in [2.05, 4.69) is 15.6 Å². The maximum Gasteiger partial charge on any atom is 0.370 e. The second-order valence-corrected chi connectivity index (χ2v) is 6.16. The lowest BCUT2D eigenvalue weighted by Crippen LogP contribution is -2.68. The number of nitrogens with zero attached hydrogens (tertiary/aromatic N) is 3. The van der Waals surface area contributed by atoms with Crippen LogP contribution in [-0.4, -0.2) is 91.0 Å². The van der Waals surface area contributed by atoms with Gasteiger partial charge in [0.2, 0.25) is 11.7 Å². The first-order valence-corrected chi connectivity index (χ1v) is 8.00. The summed E-state index contributed by atoms with van der Waals surface area (Å²) >= 11 is 0. The van der Waals surface area contributed by atoms with E-state index >= 15 is 0 Å². The van der Waals surface area contributed by atoms with E-state index in [1.807, 2.05) is 0 Å². The zero-order valence-corrected chi connectivity index (χ0v) is 14.7. The third kappa shape index (κ3) is 4.42. The first-order chi connectivity index (χ1) is 12.7. The molecule has 0 saturated heterocycles. The molecule has 0 aliphatic carbocycles. The summed E-state index contributed by atoms with van der Waals surface area (Å²) < 4.78 is 11.9. The molecule has 1 amide bonds. The molecule has 0 saturated carbocycles. The van der Waals surface area contributed by atoms with E-state index in [1.54, 1.807) is 0 Å². The average molecular weight is 386 g/mol. The van der Waals surface area contributed by atoms with Crippen LogP contribution < -0.4 is 5.32 Å². The van der Waals surface area contributed by atoms with Crippen LogP contribution in [0, 0.1) is 0 Å². The molecule has 2 rings (SSSR count). The van der Waals surface area contributed by atoms with Crippen molar-refractivity contribution in [1.29, 1.82) is 0 Å². The molecule has 0 radical (unpaired) electrons. The molecule has 12 nitrogen and oxygen atoms in total. The van der Waals surface area contributed by atoms with Gasteiger partial charge in [0.15, 0.2) is 5.60 Å². The molecule has 1 aliphatic rings. The van der Waals surface area contributed by atoms with Crippen LogP contribution >= 0.6 is 0 Å². The van der Waals surface area contributed by atoms with Crippen LogP contribution in [0.5, 0.6) is 0 Å². The molecule has 1 aromatic heterocycles. The molecule has 0 fully saturated rings. The highest BCUT2D eigenvalue weighted by atomic mass is 16.6. The first kappa shape index (κ1) is 20.8. The van der Waals surface area contributed by atoms with Gasteiger partial charge in [-0.15, -0.1) is 5.10 Å². The number of ether oxygens (including phenoxy) is 2. The summed E-state index contributed by atoms with van der Waals surface area (Å²) in [4.78, 5) is 23.6. The molecule has 0 aromatic carbocycles. The van der Waals surface area contributed by atoms with E-state index in [0.717, 1.165) is 6.08 Å². The Hall–Kier alpha value is -2.54. The molecule has 12 heteroatoms. The summed E-state index contributed by atoms with van der Waals surface area (Å²) in [5.74, 6) is -2.58. The van der Waals surface area contributed by atoms with Crippen LogP contribution in [0.15, 0.2) is 24.2 Å². The Bertz CT molecular complexity index is 694. The minimum atomic E-state index is -1.71. The Morgan fingerprint density at radius 3 is 2.74 bits per heavy atom. The van der Waals surface area contributed by atoms with Gasteiger partial charge in [0.1, 0.15) is 30.9 Å². The molecule has 0 unspecified atom stereocenters. The van der Waals surface area contributed by atoms with Gasteiger partial charge in [0.25, 0.3) is 0 Å². The number of aliphatic hydroxyl groups excluding tert-OH is 3. The minimum absolute atomic E-state index is 0.213.